The van der Waals surface area contributed by atoms with Gasteiger partial charge in [0.25, 0.3) is 0 Å². The van der Waals surface area contributed by atoms with Crippen molar-refractivity contribution in [2.24, 2.45) is 0 Å². The molecule has 0 radical (unpaired) electrons. The summed E-state index contributed by atoms with van der Waals surface area (Å²) in [5.41, 5.74) is 1.16. The second-order valence-corrected chi connectivity index (χ2v) is 5.93. The number of ether oxygens (including phenoxy) is 1. The van der Waals surface area contributed by atoms with Crippen molar-refractivity contribution in [3.63, 3.8) is 0 Å². The number of morpholine rings is 1. The Morgan fingerprint density at radius 3 is 2.78 bits per heavy atom. The summed E-state index contributed by atoms with van der Waals surface area (Å²) < 4.78 is 5.85. The first kappa shape index (κ1) is 13.6. The predicted molar refractivity (Wildman–Crippen MR) is 74.7 cm³/mol. The van der Waals surface area contributed by atoms with Crippen molar-refractivity contribution in [3.05, 3.63) is 35.9 Å². The molecule has 1 fully saturated rings. The van der Waals surface area contributed by atoms with Crippen LogP contribution in [0.3, 0.4) is 0 Å². The number of benzene rings is 1. The molecule has 1 aromatic carbocycles. The van der Waals surface area contributed by atoms with Crippen LogP contribution in [0.4, 0.5) is 0 Å². The van der Waals surface area contributed by atoms with Gasteiger partial charge in [-0.2, -0.15) is 0 Å². The van der Waals surface area contributed by atoms with Crippen molar-refractivity contribution in [1.29, 1.82) is 0 Å². The molecule has 0 aliphatic carbocycles. The molecule has 18 heavy (non-hydrogen) atoms. The zero-order valence-electron chi connectivity index (χ0n) is 10.8. The highest BCUT2D eigenvalue weighted by atomic mass is 32.2. The van der Waals surface area contributed by atoms with Crippen molar-refractivity contribution >= 4 is 16.9 Å². The zero-order valence-corrected chi connectivity index (χ0v) is 11.7. The third-order valence-corrected chi connectivity index (χ3v) is 4.22. The average molecular weight is 265 g/mol. The first-order chi connectivity index (χ1) is 8.66. The Kier molecular flexibility index (Phi) is 4.80. The van der Waals surface area contributed by atoms with E-state index in [1.54, 1.807) is 6.92 Å². The van der Waals surface area contributed by atoms with Gasteiger partial charge >= 0.3 is 0 Å². The molecule has 3 nitrogen and oxygen atoms in total. The Morgan fingerprint density at radius 2 is 2.17 bits per heavy atom. The fourth-order valence-electron chi connectivity index (χ4n) is 2.17. The van der Waals surface area contributed by atoms with E-state index in [0.717, 1.165) is 25.3 Å². The van der Waals surface area contributed by atoms with Gasteiger partial charge in [0.05, 0.1) is 18.0 Å². The van der Waals surface area contributed by atoms with Crippen molar-refractivity contribution in [2.75, 3.05) is 26.7 Å². The summed E-state index contributed by atoms with van der Waals surface area (Å²) in [5, 5.41) is 0.229. The quantitative estimate of drug-likeness (QED) is 0.839. The summed E-state index contributed by atoms with van der Waals surface area (Å²) >= 11 is 1.37. The molecule has 2 rings (SSSR count). The maximum atomic E-state index is 11.4. The number of thioether (sulfide) groups is 1. The van der Waals surface area contributed by atoms with Gasteiger partial charge < -0.3 is 9.64 Å². The highest BCUT2D eigenvalue weighted by Gasteiger charge is 2.29. The third kappa shape index (κ3) is 3.57. The number of carbonyl (C=O) groups is 1. The Bertz CT molecular complexity index is 396. The number of hydrogen-bond acceptors (Lipinski definition) is 4. The van der Waals surface area contributed by atoms with E-state index in [1.165, 1.54) is 11.8 Å². The number of nitrogens with zero attached hydrogens (tertiary/aromatic N) is 1. The van der Waals surface area contributed by atoms with Crippen LogP contribution in [0.25, 0.3) is 0 Å². The van der Waals surface area contributed by atoms with Crippen LogP contribution in [0.15, 0.2) is 30.3 Å². The van der Waals surface area contributed by atoms with E-state index in [2.05, 4.69) is 24.1 Å². The fourth-order valence-corrected chi connectivity index (χ4v) is 3.14. The van der Waals surface area contributed by atoms with Crippen LogP contribution >= 0.6 is 11.8 Å². The van der Waals surface area contributed by atoms with Gasteiger partial charge in [-0.3, -0.25) is 4.79 Å². The Labute approximate surface area is 113 Å². The molecule has 0 bridgehead atoms. The Hall–Kier alpha value is -0.840. The molecule has 0 amide bonds. The van der Waals surface area contributed by atoms with Crippen LogP contribution in [0.5, 0.6) is 0 Å². The molecule has 1 heterocycles. The largest absolute Gasteiger partial charge is 0.374 e. The van der Waals surface area contributed by atoms with Gasteiger partial charge in [-0.25, -0.2) is 0 Å². The van der Waals surface area contributed by atoms with Gasteiger partial charge in [0, 0.05) is 20.0 Å². The van der Waals surface area contributed by atoms with Crippen molar-refractivity contribution in [2.45, 2.75) is 18.3 Å². The molecule has 1 aromatic rings. The van der Waals surface area contributed by atoms with E-state index in [0.29, 0.717) is 0 Å². The van der Waals surface area contributed by atoms with E-state index >= 15 is 0 Å². The fraction of sp³-hybridized carbons (Fsp3) is 0.500. The lowest BCUT2D eigenvalue weighted by molar-refractivity contribution is -0.109. The lowest BCUT2D eigenvalue weighted by Crippen LogP contribution is -2.42. The summed E-state index contributed by atoms with van der Waals surface area (Å²) in [5.74, 6) is 0. The van der Waals surface area contributed by atoms with Crippen molar-refractivity contribution < 1.29 is 9.53 Å². The van der Waals surface area contributed by atoms with Gasteiger partial charge in [-0.1, -0.05) is 42.1 Å². The first-order valence-electron chi connectivity index (χ1n) is 6.19. The SMILES string of the molecule is CC(=O)S[C@@H](c1ccccc1)[C@@H]1CN(C)CCO1. The van der Waals surface area contributed by atoms with E-state index < -0.39 is 0 Å². The Morgan fingerprint density at radius 1 is 1.44 bits per heavy atom. The first-order valence-corrected chi connectivity index (χ1v) is 7.07. The number of carbonyl (C=O) groups excluding carboxylic acids is 1. The molecule has 1 aliphatic heterocycles. The van der Waals surface area contributed by atoms with Gasteiger partial charge in [0.2, 0.25) is 0 Å². The van der Waals surface area contributed by atoms with Crippen molar-refractivity contribution in [1.82, 2.24) is 4.90 Å². The standard InChI is InChI=1S/C14H19NO2S/c1-11(16)18-14(12-6-4-3-5-7-12)13-10-15(2)8-9-17-13/h3-7,13-14H,8-10H2,1-2H3/t13-,14-/m0/s1. The zero-order chi connectivity index (χ0) is 13.0. The second kappa shape index (κ2) is 6.36. The summed E-state index contributed by atoms with van der Waals surface area (Å²) in [4.78, 5) is 13.7. The maximum absolute atomic E-state index is 11.4. The lowest BCUT2D eigenvalue weighted by atomic mass is 10.1. The van der Waals surface area contributed by atoms with Crippen LogP contribution in [-0.2, 0) is 9.53 Å². The molecule has 98 valence electrons. The van der Waals surface area contributed by atoms with Gasteiger partial charge in [0.15, 0.2) is 5.12 Å². The third-order valence-electron chi connectivity index (χ3n) is 3.06. The molecule has 0 aromatic heterocycles. The second-order valence-electron chi connectivity index (χ2n) is 4.61. The minimum Gasteiger partial charge on any atom is -0.374 e. The Balaban J connectivity index is 2.16. The summed E-state index contributed by atoms with van der Waals surface area (Å²) in [6.07, 6.45) is 0.0834. The lowest BCUT2D eigenvalue weighted by Gasteiger charge is -2.34. The summed E-state index contributed by atoms with van der Waals surface area (Å²) in [7, 11) is 2.09. The van der Waals surface area contributed by atoms with Gasteiger partial charge in [0.1, 0.15) is 0 Å². The molecule has 4 heteroatoms. The van der Waals surface area contributed by atoms with E-state index in [9.17, 15) is 4.79 Å². The van der Waals surface area contributed by atoms with Crippen LogP contribution in [0.1, 0.15) is 17.7 Å². The minimum absolute atomic E-state index is 0.0834. The normalized spacial score (nSPS) is 22.7. The van der Waals surface area contributed by atoms with Gasteiger partial charge in [-0.15, -0.1) is 0 Å². The number of likely N-dealkylation sites (N-methyl/N-ethyl adjacent to an activating group) is 1. The summed E-state index contributed by atoms with van der Waals surface area (Å²) in [6.45, 7) is 4.19. The molecule has 1 saturated heterocycles. The minimum atomic E-state index is 0.0834. The molecule has 0 saturated carbocycles. The van der Waals surface area contributed by atoms with Crippen LogP contribution in [0.2, 0.25) is 0 Å². The maximum Gasteiger partial charge on any atom is 0.186 e. The van der Waals surface area contributed by atoms with Gasteiger partial charge in [-0.05, 0) is 12.6 Å². The molecular weight excluding hydrogens is 246 g/mol. The highest BCUT2D eigenvalue weighted by Crippen LogP contribution is 2.35. The molecule has 2 atom stereocenters. The van der Waals surface area contributed by atoms with E-state index in [1.807, 2.05) is 18.2 Å². The van der Waals surface area contributed by atoms with Crippen LogP contribution in [-0.4, -0.2) is 42.9 Å². The molecule has 0 N–H and O–H groups in total. The monoisotopic (exact) mass is 265 g/mol. The molecule has 0 spiro atoms. The molecule has 0 unspecified atom stereocenters. The number of rotatable bonds is 3. The van der Waals surface area contributed by atoms with Crippen LogP contribution < -0.4 is 0 Å². The van der Waals surface area contributed by atoms with Crippen molar-refractivity contribution in [3.8, 4) is 0 Å². The smallest absolute Gasteiger partial charge is 0.186 e. The van der Waals surface area contributed by atoms with Crippen LogP contribution in [0, 0.1) is 0 Å². The number of hydrogen-bond donors (Lipinski definition) is 0. The summed E-state index contributed by atoms with van der Waals surface area (Å²) in [6, 6.07) is 10.1. The van der Waals surface area contributed by atoms with E-state index in [-0.39, 0.29) is 16.5 Å². The molecule has 1 aliphatic rings. The van der Waals surface area contributed by atoms with E-state index in [4.69, 9.17) is 4.74 Å². The molecular formula is C14H19NO2S. The average Bonchev–Trinajstić information content (AvgIpc) is 2.37. The topological polar surface area (TPSA) is 29.5 Å². The predicted octanol–water partition coefficient (Wildman–Crippen LogP) is 2.34. The highest BCUT2D eigenvalue weighted by molar-refractivity contribution is 8.13.